The van der Waals surface area contributed by atoms with E-state index in [4.69, 9.17) is 4.74 Å². The van der Waals surface area contributed by atoms with Crippen LogP contribution in [0.25, 0.3) is 11.3 Å². The predicted octanol–water partition coefficient (Wildman–Crippen LogP) is 2.69. The summed E-state index contributed by atoms with van der Waals surface area (Å²) in [4.78, 5) is 0. The molecule has 1 aromatic carbocycles. The number of hydrogen-bond donors (Lipinski definition) is 1. The lowest BCUT2D eigenvalue weighted by Crippen LogP contribution is -2.16. The van der Waals surface area contributed by atoms with Gasteiger partial charge in [-0.05, 0) is 31.5 Å². The van der Waals surface area contributed by atoms with Crippen LogP contribution >= 0.6 is 0 Å². The van der Waals surface area contributed by atoms with Crippen LogP contribution in [0.3, 0.4) is 0 Å². The fourth-order valence-corrected chi connectivity index (χ4v) is 3.07. The van der Waals surface area contributed by atoms with Gasteiger partial charge in [0.15, 0.2) is 0 Å². The Kier molecular flexibility index (Phi) is 5.32. The molecule has 0 unspecified atom stereocenters. The van der Waals surface area contributed by atoms with Gasteiger partial charge in [-0.15, -0.1) is 10.2 Å². The van der Waals surface area contributed by atoms with Crippen molar-refractivity contribution in [2.45, 2.75) is 20.3 Å². The molecule has 1 N–H and O–H groups in total. The molecule has 0 spiro atoms. The van der Waals surface area contributed by atoms with Gasteiger partial charge in [-0.1, -0.05) is 19.1 Å². The molecule has 0 aliphatic carbocycles. The third kappa shape index (κ3) is 4.42. The highest BCUT2D eigenvalue weighted by Crippen LogP contribution is 2.22. The normalized spacial score (nSPS) is 11.2. The Morgan fingerprint density at radius 3 is 2.59 bits per heavy atom. The molecular formula is C15H19N3O3S. The molecule has 0 radical (unpaired) electrons. The highest BCUT2D eigenvalue weighted by molar-refractivity contribution is 7.92. The summed E-state index contributed by atoms with van der Waals surface area (Å²) in [7, 11) is -3.30. The quantitative estimate of drug-likeness (QED) is 0.848. The first kappa shape index (κ1) is 16.2. The highest BCUT2D eigenvalue weighted by Gasteiger charge is 2.10. The van der Waals surface area contributed by atoms with Crippen molar-refractivity contribution in [1.29, 1.82) is 0 Å². The van der Waals surface area contributed by atoms with Gasteiger partial charge in [-0.3, -0.25) is 4.72 Å². The first-order valence-electron chi connectivity index (χ1n) is 7.11. The molecule has 2 rings (SSSR count). The van der Waals surface area contributed by atoms with Crippen LogP contribution in [0.1, 0.15) is 20.3 Å². The Hall–Kier alpha value is -2.15. The minimum atomic E-state index is -3.30. The molecule has 1 aromatic heterocycles. The second kappa shape index (κ2) is 7.22. The number of aromatic nitrogens is 2. The van der Waals surface area contributed by atoms with Crippen LogP contribution in [0.4, 0.5) is 5.69 Å². The second-order valence-electron chi connectivity index (χ2n) is 4.69. The van der Waals surface area contributed by atoms with Gasteiger partial charge in [0.1, 0.15) is 0 Å². The Labute approximate surface area is 130 Å². The van der Waals surface area contributed by atoms with Crippen LogP contribution in [0, 0.1) is 0 Å². The number of hydrogen-bond acceptors (Lipinski definition) is 5. The Balaban J connectivity index is 2.21. The summed E-state index contributed by atoms with van der Waals surface area (Å²) in [5, 5.41) is 8.06. The third-order valence-electron chi connectivity index (χ3n) is 2.84. The van der Waals surface area contributed by atoms with Gasteiger partial charge in [0.05, 0.1) is 18.1 Å². The number of sulfonamides is 1. The number of nitrogens with one attached hydrogen (secondary N) is 1. The molecule has 7 heteroatoms. The maximum absolute atomic E-state index is 11.8. The average molecular weight is 321 g/mol. The van der Waals surface area contributed by atoms with Gasteiger partial charge >= 0.3 is 0 Å². The smallest absolute Gasteiger partial charge is 0.233 e. The zero-order chi connectivity index (χ0) is 16.0. The number of ether oxygens (including phenoxy) is 1. The van der Waals surface area contributed by atoms with E-state index in [-0.39, 0.29) is 5.75 Å². The largest absolute Gasteiger partial charge is 0.477 e. The van der Waals surface area contributed by atoms with Crippen molar-refractivity contribution in [3.63, 3.8) is 0 Å². The minimum Gasteiger partial charge on any atom is -0.477 e. The van der Waals surface area contributed by atoms with E-state index in [9.17, 15) is 8.42 Å². The van der Waals surface area contributed by atoms with Gasteiger partial charge in [0.25, 0.3) is 0 Å². The van der Waals surface area contributed by atoms with Crippen LogP contribution in [0.5, 0.6) is 5.88 Å². The van der Waals surface area contributed by atoms with E-state index in [1.54, 1.807) is 30.3 Å². The van der Waals surface area contributed by atoms with Gasteiger partial charge in [0.2, 0.25) is 15.9 Å². The molecule has 0 saturated carbocycles. The van der Waals surface area contributed by atoms with Crippen LogP contribution in [-0.4, -0.2) is 31.0 Å². The number of nitrogens with zero attached hydrogens (tertiary/aromatic N) is 2. The van der Waals surface area contributed by atoms with E-state index in [2.05, 4.69) is 14.9 Å². The Morgan fingerprint density at radius 2 is 1.95 bits per heavy atom. The third-order valence-corrected chi connectivity index (χ3v) is 4.33. The van der Waals surface area contributed by atoms with Crippen molar-refractivity contribution in [2.75, 3.05) is 17.1 Å². The van der Waals surface area contributed by atoms with Crippen LogP contribution in [0.2, 0.25) is 0 Å². The summed E-state index contributed by atoms with van der Waals surface area (Å²) in [6.45, 7) is 4.23. The SMILES string of the molecule is CCCS(=O)(=O)Nc1cccc(-c2ccc(OCC)nn2)c1. The standard InChI is InChI=1S/C15H19N3O3S/c1-3-10-22(19,20)18-13-7-5-6-12(11-13)14-8-9-15(17-16-14)21-4-2/h5-9,11,18H,3-4,10H2,1-2H3. The monoisotopic (exact) mass is 321 g/mol. The molecule has 0 fully saturated rings. The molecule has 1 heterocycles. The summed E-state index contributed by atoms with van der Waals surface area (Å²) in [5.74, 6) is 0.561. The van der Waals surface area contributed by atoms with Crippen molar-refractivity contribution < 1.29 is 13.2 Å². The molecule has 0 amide bonds. The molecule has 6 nitrogen and oxygen atoms in total. The van der Waals surface area contributed by atoms with Crippen molar-refractivity contribution in [1.82, 2.24) is 10.2 Å². The first-order valence-corrected chi connectivity index (χ1v) is 8.76. The van der Waals surface area contributed by atoms with Gasteiger partial charge in [-0.2, -0.15) is 0 Å². The molecule has 2 aromatic rings. The zero-order valence-electron chi connectivity index (χ0n) is 12.6. The maximum atomic E-state index is 11.8. The summed E-state index contributed by atoms with van der Waals surface area (Å²) in [6, 6.07) is 10.6. The fourth-order valence-electron chi connectivity index (χ4n) is 1.94. The maximum Gasteiger partial charge on any atom is 0.233 e. The minimum absolute atomic E-state index is 0.0973. The van der Waals surface area contributed by atoms with Crippen LogP contribution in [0.15, 0.2) is 36.4 Å². The van der Waals surface area contributed by atoms with Gasteiger partial charge in [-0.25, -0.2) is 8.42 Å². The number of benzene rings is 1. The van der Waals surface area contributed by atoms with Crippen molar-refractivity contribution in [3.05, 3.63) is 36.4 Å². The number of rotatable bonds is 7. The predicted molar refractivity (Wildman–Crippen MR) is 86.3 cm³/mol. The Morgan fingerprint density at radius 1 is 1.14 bits per heavy atom. The summed E-state index contributed by atoms with van der Waals surface area (Å²) in [6.07, 6.45) is 0.569. The molecule has 0 aliphatic heterocycles. The molecule has 22 heavy (non-hydrogen) atoms. The fraction of sp³-hybridized carbons (Fsp3) is 0.333. The topological polar surface area (TPSA) is 81.2 Å². The second-order valence-corrected chi connectivity index (χ2v) is 6.53. The van der Waals surface area contributed by atoms with Gasteiger partial charge < -0.3 is 4.74 Å². The van der Waals surface area contributed by atoms with E-state index in [1.807, 2.05) is 19.9 Å². The lowest BCUT2D eigenvalue weighted by atomic mass is 10.1. The molecular weight excluding hydrogens is 302 g/mol. The van der Waals surface area contributed by atoms with E-state index >= 15 is 0 Å². The van der Waals surface area contributed by atoms with Crippen LogP contribution in [-0.2, 0) is 10.0 Å². The molecule has 0 aliphatic rings. The molecule has 0 atom stereocenters. The van der Waals surface area contributed by atoms with E-state index < -0.39 is 10.0 Å². The molecule has 0 bridgehead atoms. The van der Waals surface area contributed by atoms with E-state index in [0.717, 1.165) is 5.56 Å². The number of anilines is 1. The highest BCUT2D eigenvalue weighted by atomic mass is 32.2. The molecule has 118 valence electrons. The first-order chi connectivity index (χ1) is 10.5. The Bertz CT molecular complexity index is 715. The zero-order valence-corrected chi connectivity index (χ0v) is 13.4. The van der Waals surface area contributed by atoms with Crippen LogP contribution < -0.4 is 9.46 Å². The summed E-state index contributed by atoms with van der Waals surface area (Å²) < 4.78 is 31.4. The van der Waals surface area contributed by atoms with Gasteiger partial charge in [0, 0.05) is 17.3 Å². The average Bonchev–Trinajstić information content (AvgIpc) is 2.48. The summed E-state index contributed by atoms with van der Waals surface area (Å²) >= 11 is 0. The van der Waals surface area contributed by atoms with Crippen molar-refractivity contribution in [2.24, 2.45) is 0 Å². The van der Waals surface area contributed by atoms with E-state index in [0.29, 0.717) is 30.3 Å². The van der Waals surface area contributed by atoms with E-state index in [1.165, 1.54) is 0 Å². The van der Waals surface area contributed by atoms with Crippen molar-refractivity contribution >= 4 is 15.7 Å². The lowest BCUT2D eigenvalue weighted by Gasteiger charge is -2.08. The summed E-state index contributed by atoms with van der Waals surface area (Å²) in [5.41, 5.74) is 1.95. The van der Waals surface area contributed by atoms with Crippen molar-refractivity contribution in [3.8, 4) is 17.1 Å². The lowest BCUT2D eigenvalue weighted by molar-refractivity contribution is 0.323. The molecule has 0 saturated heterocycles.